The van der Waals surface area contributed by atoms with Crippen LogP contribution in [0.4, 0.5) is 4.39 Å². The number of unbranched alkanes of at least 4 members (excludes halogenated alkanes) is 1. The molecule has 0 saturated heterocycles. The minimum atomic E-state index is -0.346. The number of para-hydroxylation sites is 1. The molecule has 156 valence electrons. The van der Waals surface area contributed by atoms with Crippen LogP contribution in [0.2, 0.25) is 0 Å². The van der Waals surface area contributed by atoms with Gasteiger partial charge < -0.3 is 20.3 Å². The van der Waals surface area contributed by atoms with Crippen LogP contribution in [-0.2, 0) is 0 Å². The second kappa shape index (κ2) is 15.9. The molecule has 0 aliphatic carbocycles. The molecule has 1 aromatic carbocycles. The van der Waals surface area contributed by atoms with Gasteiger partial charge in [-0.15, -0.1) is 24.0 Å². The van der Waals surface area contributed by atoms with Crippen LogP contribution in [0.25, 0.3) is 0 Å². The Hall–Kier alpha value is -1.09. The van der Waals surface area contributed by atoms with Crippen LogP contribution < -0.4 is 15.4 Å². The first-order valence-electron chi connectivity index (χ1n) is 9.76. The van der Waals surface area contributed by atoms with Crippen molar-refractivity contribution in [1.82, 2.24) is 15.5 Å². The van der Waals surface area contributed by atoms with Gasteiger partial charge in [0.15, 0.2) is 17.5 Å². The number of nitrogens with zero attached hydrogens (tertiary/aromatic N) is 2. The second-order valence-electron chi connectivity index (χ2n) is 6.24. The molecule has 5 nitrogen and oxygen atoms in total. The highest BCUT2D eigenvalue weighted by Crippen LogP contribution is 2.16. The zero-order valence-electron chi connectivity index (χ0n) is 17.1. The lowest BCUT2D eigenvalue weighted by Crippen LogP contribution is -2.38. The van der Waals surface area contributed by atoms with Crippen LogP contribution >= 0.6 is 24.0 Å². The van der Waals surface area contributed by atoms with Crippen LogP contribution in [0.5, 0.6) is 5.75 Å². The van der Waals surface area contributed by atoms with Gasteiger partial charge in [-0.25, -0.2) is 9.38 Å². The van der Waals surface area contributed by atoms with E-state index in [2.05, 4.69) is 34.4 Å². The van der Waals surface area contributed by atoms with Crippen LogP contribution in [0.3, 0.4) is 0 Å². The number of nitrogens with one attached hydrogen (secondary N) is 2. The van der Waals surface area contributed by atoms with Gasteiger partial charge in [0.1, 0.15) is 6.10 Å². The SMILES string of the molecule is CCNC(=NCC(C)Oc1ccccc1F)NCCCCN(CC)CC.I. The number of guanidine groups is 1. The van der Waals surface area contributed by atoms with Crippen molar-refractivity contribution >= 4 is 29.9 Å². The lowest BCUT2D eigenvalue weighted by molar-refractivity contribution is 0.220. The topological polar surface area (TPSA) is 48.9 Å². The summed E-state index contributed by atoms with van der Waals surface area (Å²) in [7, 11) is 0. The molecule has 0 amide bonds. The molecule has 0 saturated carbocycles. The Kier molecular flexibility index (Phi) is 15.3. The highest BCUT2D eigenvalue weighted by atomic mass is 127. The Morgan fingerprint density at radius 2 is 1.85 bits per heavy atom. The Balaban J connectivity index is 0.00000676. The standard InChI is InChI=1S/C20H35FN4O.HI/c1-5-22-20(23-14-10-11-15-25(6-2)7-3)24-16-17(4)26-19-13-9-8-12-18(19)21;/h8-9,12-13,17H,5-7,10-11,14-16H2,1-4H3,(H2,22,23,24);1H. The number of ether oxygens (including phenoxy) is 1. The highest BCUT2D eigenvalue weighted by molar-refractivity contribution is 14.0. The first-order valence-corrected chi connectivity index (χ1v) is 9.76. The van der Waals surface area contributed by atoms with Gasteiger partial charge in [0.2, 0.25) is 0 Å². The molecule has 1 atom stereocenters. The maximum absolute atomic E-state index is 13.6. The van der Waals surface area contributed by atoms with E-state index in [9.17, 15) is 4.39 Å². The largest absolute Gasteiger partial charge is 0.486 e. The smallest absolute Gasteiger partial charge is 0.191 e. The summed E-state index contributed by atoms with van der Waals surface area (Å²) in [6.07, 6.45) is 2.06. The maximum Gasteiger partial charge on any atom is 0.191 e. The molecule has 1 unspecified atom stereocenters. The summed E-state index contributed by atoms with van der Waals surface area (Å²) in [5, 5.41) is 6.59. The predicted molar refractivity (Wildman–Crippen MR) is 123 cm³/mol. The van der Waals surface area contributed by atoms with E-state index in [1.54, 1.807) is 18.2 Å². The van der Waals surface area contributed by atoms with E-state index >= 15 is 0 Å². The number of aliphatic imine (C=N–C) groups is 1. The Labute approximate surface area is 181 Å². The summed E-state index contributed by atoms with van der Waals surface area (Å²) < 4.78 is 19.3. The number of rotatable bonds is 12. The fraction of sp³-hybridized carbons (Fsp3) is 0.650. The van der Waals surface area contributed by atoms with Gasteiger partial charge in [-0.3, -0.25) is 0 Å². The van der Waals surface area contributed by atoms with E-state index < -0.39 is 0 Å². The summed E-state index contributed by atoms with van der Waals surface area (Å²) >= 11 is 0. The lowest BCUT2D eigenvalue weighted by atomic mass is 10.3. The van der Waals surface area contributed by atoms with E-state index in [0.29, 0.717) is 6.54 Å². The van der Waals surface area contributed by atoms with E-state index in [1.807, 2.05) is 13.8 Å². The molecule has 0 fully saturated rings. The summed E-state index contributed by atoms with van der Waals surface area (Å²) in [5.74, 6) is 0.699. The van der Waals surface area contributed by atoms with Crippen molar-refractivity contribution in [2.24, 2.45) is 4.99 Å². The Morgan fingerprint density at radius 1 is 1.15 bits per heavy atom. The Morgan fingerprint density at radius 3 is 2.48 bits per heavy atom. The van der Waals surface area contributed by atoms with Crippen molar-refractivity contribution in [2.75, 3.05) is 39.3 Å². The summed E-state index contributed by atoms with van der Waals surface area (Å²) in [6.45, 7) is 13.8. The first kappa shape index (κ1) is 25.9. The van der Waals surface area contributed by atoms with E-state index in [1.165, 1.54) is 12.5 Å². The minimum Gasteiger partial charge on any atom is -0.486 e. The monoisotopic (exact) mass is 494 g/mol. The van der Waals surface area contributed by atoms with E-state index in [-0.39, 0.29) is 41.6 Å². The van der Waals surface area contributed by atoms with Crippen LogP contribution in [-0.4, -0.2) is 56.2 Å². The maximum atomic E-state index is 13.6. The number of hydrogen-bond acceptors (Lipinski definition) is 3. The normalized spacial score (nSPS) is 12.4. The van der Waals surface area contributed by atoms with E-state index in [4.69, 9.17) is 4.74 Å². The van der Waals surface area contributed by atoms with Crippen LogP contribution in [0, 0.1) is 5.82 Å². The molecule has 27 heavy (non-hydrogen) atoms. The molecule has 7 heteroatoms. The zero-order valence-corrected chi connectivity index (χ0v) is 19.5. The van der Waals surface area contributed by atoms with Crippen molar-refractivity contribution in [3.63, 3.8) is 0 Å². The third kappa shape index (κ3) is 11.4. The van der Waals surface area contributed by atoms with Gasteiger partial charge in [-0.1, -0.05) is 26.0 Å². The predicted octanol–water partition coefficient (Wildman–Crippen LogP) is 3.89. The summed E-state index contributed by atoms with van der Waals surface area (Å²) in [6, 6.07) is 6.45. The third-order valence-electron chi connectivity index (χ3n) is 4.10. The summed E-state index contributed by atoms with van der Waals surface area (Å²) in [5.41, 5.74) is 0. The first-order chi connectivity index (χ1) is 12.6. The van der Waals surface area contributed by atoms with Gasteiger partial charge in [0.05, 0.1) is 6.54 Å². The molecule has 1 rings (SSSR count). The van der Waals surface area contributed by atoms with Gasteiger partial charge in [0, 0.05) is 13.1 Å². The fourth-order valence-electron chi connectivity index (χ4n) is 2.56. The van der Waals surface area contributed by atoms with Gasteiger partial charge >= 0.3 is 0 Å². The molecule has 0 aliphatic rings. The minimum absolute atomic E-state index is 0. The Bertz CT molecular complexity index is 526. The highest BCUT2D eigenvalue weighted by Gasteiger charge is 2.08. The second-order valence-corrected chi connectivity index (χ2v) is 6.24. The average molecular weight is 494 g/mol. The molecule has 0 bridgehead atoms. The molecule has 0 spiro atoms. The molecule has 1 aromatic rings. The van der Waals surface area contributed by atoms with Crippen molar-refractivity contribution in [3.8, 4) is 5.75 Å². The van der Waals surface area contributed by atoms with Gasteiger partial charge in [0.25, 0.3) is 0 Å². The molecular formula is C20H36FIN4O. The number of hydrogen-bond donors (Lipinski definition) is 2. The molecular weight excluding hydrogens is 458 g/mol. The van der Waals surface area contributed by atoms with Crippen molar-refractivity contribution in [3.05, 3.63) is 30.1 Å². The quantitative estimate of drug-likeness (QED) is 0.200. The van der Waals surface area contributed by atoms with Crippen molar-refractivity contribution in [2.45, 2.75) is 46.6 Å². The summed E-state index contributed by atoms with van der Waals surface area (Å²) in [4.78, 5) is 6.97. The molecule has 0 heterocycles. The molecule has 0 radical (unpaired) electrons. The number of benzene rings is 1. The van der Waals surface area contributed by atoms with Gasteiger partial charge in [-0.2, -0.15) is 0 Å². The number of halogens is 2. The third-order valence-corrected chi connectivity index (χ3v) is 4.10. The van der Waals surface area contributed by atoms with Crippen molar-refractivity contribution in [1.29, 1.82) is 0 Å². The average Bonchev–Trinajstić information content (AvgIpc) is 2.64. The zero-order chi connectivity index (χ0) is 19.2. The fourth-order valence-corrected chi connectivity index (χ4v) is 2.56. The van der Waals surface area contributed by atoms with E-state index in [0.717, 1.165) is 45.1 Å². The lowest BCUT2D eigenvalue weighted by Gasteiger charge is -2.18. The molecule has 0 aromatic heterocycles. The van der Waals surface area contributed by atoms with Crippen LogP contribution in [0.1, 0.15) is 40.5 Å². The molecule has 0 aliphatic heterocycles. The van der Waals surface area contributed by atoms with Gasteiger partial charge in [-0.05, 0) is 58.5 Å². The van der Waals surface area contributed by atoms with Crippen molar-refractivity contribution < 1.29 is 9.13 Å². The van der Waals surface area contributed by atoms with Crippen LogP contribution in [0.15, 0.2) is 29.3 Å². The molecule has 2 N–H and O–H groups in total.